The maximum atomic E-state index is 13.0. The highest BCUT2D eigenvalue weighted by atomic mass is 16.5. The molecule has 2 aromatic carbocycles. The topological polar surface area (TPSA) is 107 Å². The minimum atomic E-state index is -1.05. The number of nitrogens with zero attached hydrogens (tertiary/aromatic N) is 1. The molecule has 2 heterocycles. The molecule has 0 unspecified atom stereocenters. The molecule has 7 nitrogen and oxygen atoms in total. The number of carbonyl (C=O) groups is 2. The Bertz CT molecular complexity index is 1300. The number of hydrogen-bond donors (Lipinski definition) is 3. The van der Waals surface area contributed by atoms with Crippen molar-refractivity contribution >= 4 is 30.6 Å². The summed E-state index contributed by atoms with van der Waals surface area (Å²) >= 11 is 0. The van der Waals surface area contributed by atoms with Crippen LogP contribution in [0.3, 0.4) is 0 Å². The summed E-state index contributed by atoms with van der Waals surface area (Å²) < 4.78 is 6.03. The highest BCUT2D eigenvalue weighted by molar-refractivity contribution is 6.43. The number of likely N-dealkylation sites (tertiary alicyclic amines) is 1. The molecule has 1 aliphatic carbocycles. The lowest BCUT2D eigenvalue weighted by atomic mass is 9.58. The molecule has 2 amide bonds. The largest absolute Gasteiger partial charge is 0.507 e. The van der Waals surface area contributed by atoms with Gasteiger partial charge in [-0.3, -0.25) is 14.5 Å². The van der Waals surface area contributed by atoms with E-state index in [1.807, 2.05) is 56.3 Å². The van der Waals surface area contributed by atoms with E-state index in [9.17, 15) is 24.8 Å². The van der Waals surface area contributed by atoms with E-state index in [0.29, 0.717) is 25.0 Å². The molecular weight excluding hydrogens is 481 g/mol. The number of aliphatic hydroxyl groups excluding tert-OH is 1. The Morgan fingerprint density at radius 2 is 1.79 bits per heavy atom. The molecule has 0 radical (unpaired) electrons. The van der Waals surface area contributed by atoms with Gasteiger partial charge < -0.3 is 19.9 Å². The van der Waals surface area contributed by atoms with Gasteiger partial charge in [-0.15, -0.1) is 0 Å². The molecule has 4 atom stereocenters. The van der Waals surface area contributed by atoms with Gasteiger partial charge in [0.05, 0.1) is 24.5 Å². The first kappa shape index (κ1) is 26.4. The Balaban J connectivity index is 1.48. The van der Waals surface area contributed by atoms with Crippen LogP contribution in [0.5, 0.6) is 5.75 Å². The number of rotatable bonds is 6. The van der Waals surface area contributed by atoms with Gasteiger partial charge in [0.1, 0.15) is 5.75 Å². The first-order chi connectivity index (χ1) is 18.2. The first-order valence-electron chi connectivity index (χ1n) is 13.2. The van der Waals surface area contributed by atoms with E-state index in [4.69, 9.17) is 4.65 Å². The van der Waals surface area contributed by atoms with Gasteiger partial charge in [0, 0.05) is 7.05 Å². The molecule has 0 bridgehead atoms. The van der Waals surface area contributed by atoms with E-state index < -0.39 is 25.1 Å². The van der Waals surface area contributed by atoms with Gasteiger partial charge in [-0.05, 0) is 96.5 Å². The molecule has 3 aliphatic rings. The Kier molecular flexibility index (Phi) is 7.31. The minimum absolute atomic E-state index is 0.205. The Morgan fingerprint density at radius 1 is 1.11 bits per heavy atom. The predicted octanol–water partition coefficient (Wildman–Crippen LogP) is 3.75. The van der Waals surface area contributed by atoms with Crippen LogP contribution in [-0.4, -0.2) is 58.8 Å². The summed E-state index contributed by atoms with van der Waals surface area (Å²) in [6, 6.07) is 13.9. The van der Waals surface area contributed by atoms with E-state index >= 15 is 0 Å². The van der Waals surface area contributed by atoms with Gasteiger partial charge in [-0.25, -0.2) is 0 Å². The number of allylic oxidation sites excluding steroid dienone is 1. The van der Waals surface area contributed by atoms with Crippen LogP contribution in [0.1, 0.15) is 41.5 Å². The Morgan fingerprint density at radius 3 is 2.45 bits per heavy atom. The molecule has 2 aliphatic heterocycles. The van der Waals surface area contributed by atoms with Crippen LogP contribution in [-0.2, 0) is 14.2 Å². The van der Waals surface area contributed by atoms with Crippen molar-refractivity contribution in [2.45, 2.75) is 45.5 Å². The summed E-state index contributed by atoms with van der Waals surface area (Å²) in [5.74, 6) is -1.48. The number of imide groups is 1. The van der Waals surface area contributed by atoms with Crippen molar-refractivity contribution in [3.8, 4) is 5.75 Å². The van der Waals surface area contributed by atoms with E-state index in [2.05, 4.69) is 6.08 Å². The van der Waals surface area contributed by atoms with Gasteiger partial charge in [0.15, 0.2) is 0 Å². The number of fused-ring (bicyclic) bond motifs is 3. The standard InChI is InChI=1S/C30H34BNO6/c1-17-11-19(12-18(2)28(17)34)13-21(20-7-5-4-6-8-20)9-10-25-26-22(16-33)14-23-27(24(26)15-31(37)38-25)30(36)32(3)29(23)35/h4-8,11-13,23-25,27,33-34,37H,9-10,14-16H2,1-3H3/b21-13-/t23-,24+,25-,27-/m1/s1. The smallest absolute Gasteiger partial charge is 0.455 e. The monoisotopic (exact) mass is 515 g/mol. The summed E-state index contributed by atoms with van der Waals surface area (Å²) in [6.07, 6.45) is 3.37. The number of amides is 2. The quantitative estimate of drug-likeness (QED) is 0.234. The lowest BCUT2D eigenvalue weighted by Crippen LogP contribution is -2.46. The summed E-state index contributed by atoms with van der Waals surface area (Å²) in [5, 5.41) is 31.1. The Hall–Kier alpha value is -3.20. The van der Waals surface area contributed by atoms with Gasteiger partial charge in [-0.2, -0.15) is 0 Å². The van der Waals surface area contributed by atoms with Crippen molar-refractivity contribution in [3.05, 3.63) is 75.9 Å². The molecule has 2 saturated heterocycles. The number of carbonyl (C=O) groups excluding carboxylic acids is 2. The highest BCUT2D eigenvalue weighted by Crippen LogP contribution is 2.50. The molecule has 2 fully saturated rings. The second-order valence-electron chi connectivity index (χ2n) is 10.8. The van der Waals surface area contributed by atoms with Crippen molar-refractivity contribution in [2.24, 2.45) is 17.8 Å². The van der Waals surface area contributed by atoms with E-state index in [0.717, 1.165) is 39.0 Å². The minimum Gasteiger partial charge on any atom is -0.507 e. The van der Waals surface area contributed by atoms with Crippen LogP contribution in [0.2, 0.25) is 6.32 Å². The molecule has 0 aromatic heterocycles. The van der Waals surface area contributed by atoms with Crippen molar-refractivity contribution in [1.29, 1.82) is 0 Å². The fraction of sp³-hybridized carbons (Fsp3) is 0.400. The molecule has 0 spiro atoms. The van der Waals surface area contributed by atoms with Crippen LogP contribution >= 0.6 is 0 Å². The fourth-order valence-electron chi connectivity index (χ4n) is 6.58. The number of phenolic OH excluding ortho intramolecular Hbond substituents is 1. The Labute approximate surface area is 223 Å². The van der Waals surface area contributed by atoms with Gasteiger partial charge in [-0.1, -0.05) is 36.4 Å². The maximum absolute atomic E-state index is 13.0. The maximum Gasteiger partial charge on any atom is 0.455 e. The summed E-state index contributed by atoms with van der Waals surface area (Å²) in [7, 11) is 0.464. The zero-order chi connectivity index (χ0) is 27.1. The zero-order valence-electron chi connectivity index (χ0n) is 22.1. The highest BCUT2D eigenvalue weighted by Gasteiger charge is 2.56. The normalized spacial score (nSPS) is 25.7. The van der Waals surface area contributed by atoms with E-state index in [-0.39, 0.29) is 30.7 Å². The molecule has 0 saturated carbocycles. The van der Waals surface area contributed by atoms with E-state index in [1.54, 1.807) is 0 Å². The van der Waals surface area contributed by atoms with Gasteiger partial charge in [0.25, 0.3) is 0 Å². The predicted molar refractivity (Wildman–Crippen MR) is 146 cm³/mol. The molecular formula is C30H34BNO6. The lowest BCUT2D eigenvalue weighted by molar-refractivity contribution is -0.138. The molecule has 2 aromatic rings. The van der Waals surface area contributed by atoms with Crippen LogP contribution in [0.15, 0.2) is 53.6 Å². The fourth-order valence-corrected chi connectivity index (χ4v) is 6.58. The molecule has 3 N–H and O–H groups in total. The zero-order valence-corrected chi connectivity index (χ0v) is 22.1. The average molecular weight is 515 g/mol. The van der Waals surface area contributed by atoms with Crippen LogP contribution in [0.4, 0.5) is 0 Å². The third-order valence-corrected chi connectivity index (χ3v) is 8.39. The van der Waals surface area contributed by atoms with Gasteiger partial charge >= 0.3 is 7.12 Å². The van der Waals surface area contributed by atoms with Crippen molar-refractivity contribution in [1.82, 2.24) is 4.90 Å². The second-order valence-corrected chi connectivity index (χ2v) is 10.8. The number of aliphatic hydroxyl groups is 1. The van der Waals surface area contributed by atoms with Gasteiger partial charge in [0.2, 0.25) is 11.8 Å². The number of aromatic hydroxyl groups is 1. The summed E-state index contributed by atoms with van der Waals surface area (Å²) in [5.41, 5.74) is 6.34. The number of phenols is 1. The second kappa shape index (κ2) is 10.5. The van der Waals surface area contributed by atoms with Crippen LogP contribution in [0.25, 0.3) is 11.6 Å². The lowest BCUT2D eigenvalue weighted by Gasteiger charge is -2.43. The van der Waals surface area contributed by atoms with Crippen molar-refractivity contribution in [2.75, 3.05) is 13.7 Å². The molecule has 5 rings (SSSR count). The number of aryl methyl sites for hydroxylation is 2. The first-order valence-corrected chi connectivity index (χ1v) is 13.2. The molecule has 38 heavy (non-hydrogen) atoms. The average Bonchev–Trinajstić information content (AvgIpc) is 3.12. The van der Waals surface area contributed by atoms with Crippen LogP contribution in [0, 0.1) is 31.6 Å². The van der Waals surface area contributed by atoms with Crippen molar-refractivity contribution < 1.29 is 29.5 Å². The third-order valence-electron chi connectivity index (χ3n) is 8.39. The number of hydrogen-bond acceptors (Lipinski definition) is 6. The summed E-state index contributed by atoms with van der Waals surface area (Å²) in [4.78, 5) is 27.0. The van der Waals surface area contributed by atoms with Crippen molar-refractivity contribution in [3.63, 3.8) is 0 Å². The molecule has 198 valence electrons. The van der Waals surface area contributed by atoms with Crippen LogP contribution < -0.4 is 0 Å². The molecule has 8 heteroatoms. The third kappa shape index (κ3) is 4.72. The SMILES string of the molecule is Cc1cc(/C=C(/CC[C@H]2OB(O)C[C@H]3C2=C(CO)C[C@H]2C(=O)N(C)C(=O)[C@H]23)c2ccccc2)cc(C)c1O. The number of benzene rings is 2. The van der Waals surface area contributed by atoms with E-state index in [1.165, 1.54) is 11.9 Å². The summed E-state index contributed by atoms with van der Waals surface area (Å²) in [6.45, 7) is 3.56.